The summed E-state index contributed by atoms with van der Waals surface area (Å²) >= 11 is 0. The van der Waals surface area contributed by atoms with Gasteiger partial charge < -0.3 is 7.43 Å². The SMILES string of the molecule is CC.O=C1C(=O)c2ccccc2Cc2ccccc21.[CH3-].[Y]. The predicted octanol–water partition coefficient (Wildman–Crippen LogP) is 4.13. The van der Waals surface area contributed by atoms with E-state index in [1.54, 1.807) is 24.3 Å². The second-order valence-corrected chi connectivity index (χ2v) is 4.15. The number of carbonyl (C=O) groups is 2. The molecule has 0 unspecified atom stereocenters. The Kier molecular flexibility index (Phi) is 8.54. The van der Waals surface area contributed by atoms with E-state index < -0.39 is 11.6 Å². The average molecular weight is 356 g/mol. The van der Waals surface area contributed by atoms with Crippen molar-refractivity contribution in [1.82, 2.24) is 0 Å². The largest absolute Gasteiger partial charge is 0.358 e. The van der Waals surface area contributed by atoms with E-state index in [1.807, 2.05) is 38.1 Å². The van der Waals surface area contributed by atoms with Gasteiger partial charge in [-0.2, -0.15) is 0 Å². The molecular formula is C18H19O2Y-. The van der Waals surface area contributed by atoms with E-state index in [9.17, 15) is 9.59 Å². The summed E-state index contributed by atoms with van der Waals surface area (Å²) in [6.07, 6.45) is 0.643. The molecule has 3 rings (SSSR count). The van der Waals surface area contributed by atoms with Crippen molar-refractivity contribution in [2.75, 3.05) is 0 Å². The molecule has 0 amide bonds. The summed E-state index contributed by atoms with van der Waals surface area (Å²) in [5, 5.41) is 0. The van der Waals surface area contributed by atoms with Gasteiger partial charge in [0.1, 0.15) is 0 Å². The molecule has 2 nitrogen and oxygen atoms in total. The van der Waals surface area contributed by atoms with Crippen molar-refractivity contribution in [2.45, 2.75) is 20.3 Å². The van der Waals surface area contributed by atoms with E-state index in [-0.39, 0.29) is 40.1 Å². The van der Waals surface area contributed by atoms with Crippen molar-refractivity contribution < 1.29 is 42.3 Å². The molecule has 3 heteroatoms. The van der Waals surface area contributed by atoms with Crippen molar-refractivity contribution in [3.63, 3.8) is 0 Å². The summed E-state index contributed by atoms with van der Waals surface area (Å²) in [5.41, 5.74) is 2.93. The molecule has 0 N–H and O–H groups in total. The zero-order valence-corrected chi connectivity index (χ0v) is 15.6. The molecule has 1 aliphatic carbocycles. The van der Waals surface area contributed by atoms with Crippen LogP contribution >= 0.6 is 0 Å². The van der Waals surface area contributed by atoms with Gasteiger partial charge in [0.15, 0.2) is 0 Å². The molecule has 1 radical (unpaired) electrons. The molecule has 0 bridgehead atoms. The molecule has 107 valence electrons. The molecule has 0 saturated heterocycles. The third kappa shape index (κ3) is 3.96. The van der Waals surface area contributed by atoms with E-state index in [4.69, 9.17) is 0 Å². The molecule has 2 aromatic rings. The number of hydrogen-bond acceptors (Lipinski definition) is 2. The van der Waals surface area contributed by atoms with Gasteiger partial charge in [-0.3, -0.25) is 9.59 Å². The minimum absolute atomic E-state index is 0. The van der Waals surface area contributed by atoms with Crippen LogP contribution in [0.2, 0.25) is 0 Å². The maximum atomic E-state index is 12.0. The molecule has 0 saturated carbocycles. The van der Waals surface area contributed by atoms with Crippen molar-refractivity contribution in [1.29, 1.82) is 0 Å². The van der Waals surface area contributed by atoms with Crippen LogP contribution in [0.5, 0.6) is 0 Å². The van der Waals surface area contributed by atoms with Crippen LogP contribution in [0.4, 0.5) is 0 Å². The van der Waals surface area contributed by atoms with Gasteiger partial charge in [-0.1, -0.05) is 62.4 Å². The first-order valence-corrected chi connectivity index (χ1v) is 6.52. The van der Waals surface area contributed by atoms with E-state index in [1.165, 1.54) is 0 Å². The summed E-state index contributed by atoms with van der Waals surface area (Å²) in [4.78, 5) is 24.1. The molecule has 0 spiro atoms. The molecule has 0 fully saturated rings. The number of carbonyl (C=O) groups excluding carboxylic acids is 2. The normalized spacial score (nSPS) is 11.5. The quantitative estimate of drug-likeness (QED) is 0.525. The first kappa shape index (κ1) is 19.9. The van der Waals surface area contributed by atoms with Crippen LogP contribution in [0.25, 0.3) is 0 Å². The first-order valence-electron chi connectivity index (χ1n) is 6.52. The standard InChI is InChI=1S/C15H10O2.C2H6.CH3.Y/c16-14-12-7-3-1-5-10(12)9-11-6-2-4-8-13(11)15(14)17;1-2;;/h1-8H,9H2;1-2H3;1H3;/q;;-1;. The smallest absolute Gasteiger partial charge is 0.233 e. The van der Waals surface area contributed by atoms with E-state index >= 15 is 0 Å². The summed E-state index contributed by atoms with van der Waals surface area (Å²) < 4.78 is 0. The van der Waals surface area contributed by atoms with Crippen LogP contribution < -0.4 is 0 Å². The second-order valence-electron chi connectivity index (χ2n) is 4.15. The molecule has 0 aromatic heterocycles. The molecule has 1 aliphatic rings. The Labute approximate surface area is 151 Å². The Hall–Kier alpha value is -1.12. The Morgan fingerprint density at radius 1 is 0.714 bits per heavy atom. The van der Waals surface area contributed by atoms with Crippen molar-refractivity contribution >= 4 is 11.6 Å². The summed E-state index contributed by atoms with van der Waals surface area (Å²) in [6, 6.07) is 14.6. The van der Waals surface area contributed by atoms with Crippen molar-refractivity contribution in [2.24, 2.45) is 0 Å². The molecule has 2 aromatic carbocycles. The minimum atomic E-state index is -0.398. The number of Topliss-reactive ketones (excluding diaryl/α,β-unsaturated/α-hetero) is 2. The van der Waals surface area contributed by atoms with Gasteiger partial charge in [0.25, 0.3) is 0 Å². The second kappa shape index (κ2) is 9.01. The number of benzene rings is 2. The van der Waals surface area contributed by atoms with E-state index in [2.05, 4.69) is 0 Å². The monoisotopic (exact) mass is 356 g/mol. The third-order valence-corrected chi connectivity index (χ3v) is 3.11. The topological polar surface area (TPSA) is 34.1 Å². The van der Waals surface area contributed by atoms with Gasteiger partial charge in [0.05, 0.1) is 0 Å². The number of rotatable bonds is 0. The first-order chi connectivity index (χ1) is 9.27. The fourth-order valence-electron chi connectivity index (χ4n) is 2.24. The Balaban J connectivity index is 0.000000961. The molecule has 21 heavy (non-hydrogen) atoms. The molecule has 0 aliphatic heterocycles. The number of hydrogen-bond donors (Lipinski definition) is 0. The van der Waals surface area contributed by atoms with E-state index in [0.29, 0.717) is 17.5 Å². The Morgan fingerprint density at radius 3 is 1.43 bits per heavy atom. The van der Waals surface area contributed by atoms with Crippen LogP contribution in [-0.4, -0.2) is 11.6 Å². The van der Waals surface area contributed by atoms with Gasteiger partial charge in [0.2, 0.25) is 11.6 Å². The Morgan fingerprint density at radius 2 is 1.05 bits per heavy atom. The van der Waals surface area contributed by atoms with Gasteiger partial charge in [-0.15, -0.1) is 0 Å². The van der Waals surface area contributed by atoms with Crippen LogP contribution in [0, 0.1) is 7.43 Å². The molecular weight excluding hydrogens is 337 g/mol. The van der Waals surface area contributed by atoms with Gasteiger partial charge >= 0.3 is 0 Å². The van der Waals surface area contributed by atoms with Crippen LogP contribution in [0.15, 0.2) is 48.5 Å². The van der Waals surface area contributed by atoms with Crippen LogP contribution in [-0.2, 0) is 39.1 Å². The van der Waals surface area contributed by atoms with Gasteiger partial charge in [0, 0.05) is 43.8 Å². The van der Waals surface area contributed by atoms with Crippen LogP contribution in [0.1, 0.15) is 45.7 Å². The zero-order chi connectivity index (χ0) is 13.8. The summed E-state index contributed by atoms with van der Waals surface area (Å²) in [7, 11) is 0. The minimum Gasteiger partial charge on any atom is -0.358 e. The zero-order valence-electron chi connectivity index (χ0n) is 12.7. The Bertz CT molecular complexity index is 577. The summed E-state index contributed by atoms with van der Waals surface area (Å²) in [5.74, 6) is -0.795. The van der Waals surface area contributed by atoms with Crippen molar-refractivity contribution in [3.8, 4) is 0 Å². The fraction of sp³-hybridized carbons (Fsp3) is 0.167. The maximum absolute atomic E-state index is 12.0. The maximum Gasteiger partial charge on any atom is 0.233 e. The van der Waals surface area contributed by atoms with Gasteiger partial charge in [-0.25, -0.2) is 0 Å². The molecule has 0 heterocycles. The van der Waals surface area contributed by atoms with Crippen molar-refractivity contribution in [3.05, 3.63) is 78.2 Å². The van der Waals surface area contributed by atoms with E-state index in [0.717, 1.165) is 11.1 Å². The summed E-state index contributed by atoms with van der Waals surface area (Å²) in [6.45, 7) is 4.00. The van der Waals surface area contributed by atoms with Gasteiger partial charge in [-0.05, 0) is 17.5 Å². The van der Waals surface area contributed by atoms with Crippen LogP contribution in [0.3, 0.4) is 0 Å². The predicted molar refractivity (Wildman–Crippen MR) is 82.1 cm³/mol. The fourth-order valence-corrected chi connectivity index (χ4v) is 2.24. The number of fused-ring (bicyclic) bond motifs is 2. The molecule has 0 atom stereocenters. The average Bonchev–Trinajstić information content (AvgIpc) is 2.58. The third-order valence-electron chi connectivity index (χ3n) is 3.11. The number of ketones is 2.